The molecule has 1 heterocycles. The van der Waals surface area contributed by atoms with Gasteiger partial charge in [-0.05, 0) is 36.4 Å². The smallest absolute Gasteiger partial charge is 0.264 e. The van der Waals surface area contributed by atoms with E-state index >= 15 is 0 Å². The van der Waals surface area contributed by atoms with Crippen molar-refractivity contribution in [3.8, 4) is 11.5 Å². The number of hydrogen-bond acceptors (Lipinski definition) is 4. The quantitative estimate of drug-likeness (QED) is 0.786. The van der Waals surface area contributed by atoms with Crippen molar-refractivity contribution in [2.75, 3.05) is 19.0 Å². The Balaban J connectivity index is 1.63. The molecule has 0 spiro atoms. The maximum atomic E-state index is 12.0. The Kier molecular flexibility index (Phi) is 4.14. The van der Waals surface area contributed by atoms with E-state index in [9.17, 15) is 4.79 Å². The lowest BCUT2D eigenvalue weighted by Gasteiger charge is -2.08. The lowest BCUT2D eigenvalue weighted by atomic mass is 10.3. The number of hydrogen-bond donors (Lipinski definition) is 1. The average Bonchev–Trinajstić information content (AvgIpc) is 2.90. The number of ether oxygens (including phenoxy) is 2. The van der Waals surface area contributed by atoms with E-state index < -0.39 is 0 Å². The largest absolute Gasteiger partial charge is 0.497 e. The fourth-order valence-electron chi connectivity index (χ4n) is 2.24. The van der Waals surface area contributed by atoms with Gasteiger partial charge in [0.25, 0.3) is 5.91 Å². The van der Waals surface area contributed by atoms with Crippen LogP contribution < -0.4 is 14.8 Å². The summed E-state index contributed by atoms with van der Waals surface area (Å²) in [4.78, 5) is 16.4. The van der Waals surface area contributed by atoms with Crippen LogP contribution in [0.1, 0.15) is 0 Å². The molecular weight excluding hydrogens is 294 g/mol. The molecule has 1 N–H and O–H groups in total. The van der Waals surface area contributed by atoms with E-state index in [1.54, 1.807) is 31.4 Å². The van der Waals surface area contributed by atoms with Crippen molar-refractivity contribution in [3.05, 3.63) is 48.5 Å². The van der Waals surface area contributed by atoms with E-state index in [4.69, 9.17) is 9.47 Å². The molecule has 3 rings (SSSR count). The first-order valence-electron chi connectivity index (χ1n) is 7.15. The van der Waals surface area contributed by atoms with Crippen LogP contribution in [0.15, 0.2) is 48.5 Å². The van der Waals surface area contributed by atoms with Gasteiger partial charge in [0.2, 0.25) is 5.95 Å². The number of fused-ring (bicyclic) bond motifs is 1. The predicted octanol–water partition coefficient (Wildman–Crippen LogP) is 2.60. The first kappa shape index (κ1) is 14.9. The molecule has 6 nitrogen and oxygen atoms in total. The van der Waals surface area contributed by atoms with Crippen molar-refractivity contribution in [2.24, 2.45) is 7.05 Å². The Hall–Kier alpha value is -3.02. The zero-order chi connectivity index (χ0) is 16.2. The summed E-state index contributed by atoms with van der Waals surface area (Å²) in [6.45, 7) is -0.0878. The fourth-order valence-corrected chi connectivity index (χ4v) is 2.24. The monoisotopic (exact) mass is 311 g/mol. The number of para-hydroxylation sites is 2. The Morgan fingerprint density at radius 3 is 2.52 bits per heavy atom. The molecule has 0 aliphatic carbocycles. The topological polar surface area (TPSA) is 65.4 Å². The summed E-state index contributed by atoms with van der Waals surface area (Å²) in [6.07, 6.45) is 0. The van der Waals surface area contributed by atoms with E-state index in [0.29, 0.717) is 11.7 Å². The van der Waals surface area contributed by atoms with Crippen molar-refractivity contribution in [1.82, 2.24) is 9.55 Å². The molecule has 0 aliphatic rings. The van der Waals surface area contributed by atoms with Crippen LogP contribution in [-0.4, -0.2) is 29.2 Å². The second-order valence-corrected chi connectivity index (χ2v) is 5.00. The number of imidazole rings is 1. The number of nitrogens with one attached hydrogen (secondary N) is 1. The second kappa shape index (κ2) is 6.39. The van der Waals surface area contributed by atoms with E-state index in [0.717, 1.165) is 16.8 Å². The van der Waals surface area contributed by atoms with Gasteiger partial charge in [0.15, 0.2) is 6.61 Å². The minimum Gasteiger partial charge on any atom is -0.497 e. The van der Waals surface area contributed by atoms with Gasteiger partial charge in [-0.2, -0.15) is 0 Å². The van der Waals surface area contributed by atoms with Gasteiger partial charge < -0.3 is 14.0 Å². The van der Waals surface area contributed by atoms with E-state index in [1.807, 2.05) is 35.9 Å². The molecule has 0 radical (unpaired) electrons. The van der Waals surface area contributed by atoms with Crippen LogP contribution in [-0.2, 0) is 11.8 Å². The molecule has 0 aliphatic heterocycles. The highest BCUT2D eigenvalue weighted by Crippen LogP contribution is 2.18. The number of amides is 1. The molecule has 118 valence electrons. The molecule has 0 bridgehead atoms. The summed E-state index contributed by atoms with van der Waals surface area (Å²) in [7, 11) is 3.45. The molecule has 1 aromatic heterocycles. The summed E-state index contributed by atoms with van der Waals surface area (Å²) in [6, 6.07) is 14.8. The number of aryl methyl sites for hydroxylation is 1. The molecule has 0 fully saturated rings. The Morgan fingerprint density at radius 2 is 1.83 bits per heavy atom. The molecule has 0 saturated heterocycles. The SMILES string of the molecule is COc1ccc(OCC(=O)Nc2nc3ccccc3n2C)cc1. The molecule has 1 amide bonds. The van der Waals surface area contributed by atoms with Crippen molar-refractivity contribution >= 4 is 22.9 Å². The van der Waals surface area contributed by atoms with Crippen LogP contribution in [0, 0.1) is 0 Å². The minimum atomic E-state index is -0.265. The molecule has 3 aromatic rings. The van der Waals surface area contributed by atoms with Crippen LogP contribution in [0.3, 0.4) is 0 Å². The predicted molar refractivity (Wildman–Crippen MR) is 87.8 cm³/mol. The highest BCUT2D eigenvalue weighted by Gasteiger charge is 2.10. The third kappa shape index (κ3) is 3.26. The normalized spacial score (nSPS) is 10.5. The Labute approximate surface area is 133 Å². The van der Waals surface area contributed by atoms with E-state index in [1.165, 1.54) is 0 Å². The zero-order valence-electron chi connectivity index (χ0n) is 12.9. The van der Waals surface area contributed by atoms with Crippen molar-refractivity contribution in [3.63, 3.8) is 0 Å². The number of carbonyl (C=O) groups is 1. The standard InChI is InChI=1S/C17H17N3O3/c1-20-15-6-4-3-5-14(15)18-17(20)19-16(21)11-23-13-9-7-12(22-2)8-10-13/h3-10H,11H2,1-2H3,(H,18,19,21). The highest BCUT2D eigenvalue weighted by molar-refractivity contribution is 5.92. The first-order valence-corrected chi connectivity index (χ1v) is 7.15. The number of anilines is 1. The van der Waals surface area contributed by atoms with Crippen LogP contribution in [0.2, 0.25) is 0 Å². The van der Waals surface area contributed by atoms with E-state index in [2.05, 4.69) is 10.3 Å². The third-order valence-corrected chi connectivity index (χ3v) is 3.47. The Morgan fingerprint density at radius 1 is 1.13 bits per heavy atom. The van der Waals surface area contributed by atoms with Gasteiger partial charge in [-0.1, -0.05) is 12.1 Å². The van der Waals surface area contributed by atoms with Gasteiger partial charge in [0.05, 0.1) is 18.1 Å². The molecule has 2 aromatic carbocycles. The van der Waals surface area contributed by atoms with Crippen molar-refractivity contribution in [2.45, 2.75) is 0 Å². The van der Waals surface area contributed by atoms with Gasteiger partial charge in [-0.25, -0.2) is 4.98 Å². The number of benzene rings is 2. The van der Waals surface area contributed by atoms with Gasteiger partial charge in [0.1, 0.15) is 11.5 Å². The maximum absolute atomic E-state index is 12.0. The number of carbonyl (C=O) groups excluding carboxylic acids is 1. The molecule has 23 heavy (non-hydrogen) atoms. The van der Waals surface area contributed by atoms with Gasteiger partial charge in [-0.15, -0.1) is 0 Å². The maximum Gasteiger partial charge on any atom is 0.264 e. The zero-order valence-corrected chi connectivity index (χ0v) is 12.9. The summed E-state index contributed by atoms with van der Waals surface area (Å²) >= 11 is 0. The van der Waals surface area contributed by atoms with Crippen LogP contribution in [0.4, 0.5) is 5.95 Å². The van der Waals surface area contributed by atoms with Gasteiger partial charge in [0, 0.05) is 7.05 Å². The lowest BCUT2D eigenvalue weighted by molar-refractivity contribution is -0.118. The molecule has 0 saturated carbocycles. The van der Waals surface area contributed by atoms with Gasteiger partial charge >= 0.3 is 0 Å². The second-order valence-electron chi connectivity index (χ2n) is 5.00. The minimum absolute atomic E-state index is 0.0878. The van der Waals surface area contributed by atoms with Crippen LogP contribution >= 0.6 is 0 Å². The summed E-state index contributed by atoms with van der Waals surface area (Å²) in [5.74, 6) is 1.57. The highest BCUT2D eigenvalue weighted by atomic mass is 16.5. The van der Waals surface area contributed by atoms with Crippen molar-refractivity contribution < 1.29 is 14.3 Å². The summed E-state index contributed by atoms with van der Waals surface area (Å²) in [5.41, 5.74) is 1.79. The molecule has 0 unspecified atom stereocenters. The summed E-state index contributed by atoms with van der Waals surface area (Å²) in [5, 5.41) is 2.76. The molecule has 6 heteroatoms. The molecule has 0 atom stereocenters. The lowest BCUT2D eigenvalue weighted by Crippen LogP contribution is -2.22. The molecular formula is C17H17N3O3. The average molecular weight is 311 g/mol. The number of rotatable bonds is 5. The number of methoxy groups -OCH3 is 1. The first-order chi connectivity index (χ1) is 11.2. The van der Waals surface area contributed by atoms with Crippen molar-refractivity contribution in [1.29, 1.82) is 0 Å². The fraction of sp³-hybridized carbons (Fsp3) is 0.176. The van der Waals surface area contributed by atoms with Gasteiger partial charge in [-0.3, -0.25) is 10.1 Å². The summed E-state index contributed by atoms with van der Waals surface area (Å²) < 4.78 is 12.4. The van der Waals surface area contributed by atoms with E-state index in [-0.39, 0.29) is 12.5 Å². The van der Waals surface area contributed by atoms with Crippen LogP contribution in [0.5, 0.6) is 11.5 Å². The number of aromatic nitrogens is 2. The Bertz CT molecular complexity index is 825. The third-order valence-electron chi connectivity index (χ3n) is 3.47. The van der Waals surface area contributed by atoms with Crippen LogP contribution in [0.25, 0.3) is 11.0 Å². The number of nitrogens with zero attached hydrogens (tertiary/aromatic N) is 2.